The fraction of sp³-hybridized carbons (Fsp3) is 0.700. The number of carbonyl (C=O) groups is 2. The van der Waals surface area contributed by atoms with Crippen LogP contribution in [-0.4, -0.2) is 16.9 Å². The van der Waals surface area contributed by atoms with E-state index >= 15 is 0 Å². The summed E-state index contributed by atoms with van der Waals surface area (Å²) in [5, 5.41) is 9.10. The molecule has 0 bridgehead atoms. The lowest BCUT2D eigenvalue weighted by Crippen LogP contribution is -2.65. The van der Waals surface area contributed by atoms with Gasteiger partial charge in [0.05, 0.1) is 0 Å². The first-order valence-electron chi connectivity index (χ1n) is 17.3. The van der Waals surface area contributed by atoms with Gasteiger partial charge in [-0.25, -0.2) is 0 Å². The molecule has 3 heteroatoms. The Hall–Kier alpha value is -2.16. The predicted octanol–water partition coefficient (Wildman–Crippen LogP) is 9.94. The van der Waals surface area contributed by atoms with Crippen molar-refractivity contribution in [3.05, 3.63) is 53.6 Å². The highest BCUT2D eigenvalue weighted by atomic mass is 16.4. The second kappa shape index (κ2) is 10.2. The van der Waals surface area contributed by atoms with E-state index in [2.05, 4.69) is 78.5 Å². The molecule has 0 heterocycles. The number of hydrogen-bond donors (Lipinski definition) is 1. The van der Waals surface area contributed by atoms with Crippen molar-refractivity contribution in [2.24, 2.45) is 56.7 Å². The van der Waals surface area contributed by atoms with Crippen molar-refractivity contribution in [3.63, 3.8) is 0 Å². The van der Waals surface area contributed by atoms with Gasteiger partial charge in [0.2, 0.25) is 0 Å². The number of benzene rings is 1. The average molecular weight is 585 g/mol. The Morgan fingerprint density at radius 3 is 2.19 bits per heavy atom. The van der Waals surface area contributed by atoms with Crippen LogP contribution in [-0.2, 0) is 16.0 Å². The smallest absolute Gasteiger partial charge is 0.303 e. The monoisotopic (exact) mass is 584 g/mol. The Morgan fingerprint density at radius 1 is 0.860 bits per heavy atom. The van der Waals surface area contributed by atoms with E-state index in [1.54, 1.807) is 0 Å². The molecule has 4 fully saturated rings. The molecule has 0 amide bonds. The predicted molar refractivity (Wildman–Crippen MR) is 175 cm³/mol. The fourth-order valence-corrected chi connectivity index (χ4v) is 12.9. The first kappa shape index (κ1) is 30.8. The number of hydrogen-bond acceptors (Lipinski definition) is 2. The van der Waals surface area contributed by atoms with Crippen molar-refractivity contribution in [2.75, 3.05) is 0 Å². The summed E-state index contributed by atoms with van der Waals surface area (Å²) < 4.78 is 0. The summed E-state index contributed by atoms with van der Waals surface area (Å²) in [7, 11) is 0. The Bertz CT molecular complexity index is 1350. The summed E-state index contributed by atoms with van der Waals surface area (Å²) in [5.74, 6) is 2.60. The largest absolute Gasteiger partial charge is 0.481 e. The first-order valence-corrected chi connectivity index (χ1v) is 17.3. The third kappa shape index (κ3) is 4.25. The molecule has 4 saturated carbocycles. The summed E-state index contributed by atoms with van der Waals surface area (Å²) in [5.41, 5.74) is 5.92. The molecule has 0 saturated heterocycles. The van der Waals surface area contributed by atoms with E-state index in [1.807, 2.05) is 6.92 Å². The zero-order chi connectivity index (χ0) is 31.2. The number of carboxylic acid groups (broad SMARTS) is 1. The number of aryl methyl sites for hydroxylation is 1. The average Bonchev–Trinajstić information content (AvgIpc) is 3.34. The molecule has 6 rings (SSSR count). The number of carboxylic acids is 1. The normalized spacial score (nSPS) is 43.0. The lowest BCUT2D eigenvalue weighted by molar-refractivity contribution is -0.224. The third-order valence-corrected chi connectivity index (χ3v) is 15.2. The lowest BCUT2D eigenvalue weighted by Gasteiger charge is -2.72. The highest BCUT2D eigenvalue weighted by Gasteiger charge is 2.71. The maximum Gasteiger partial charge on any atom is 0.303 e. The van der Waals surface area contributed by atoms with Gasteiger partial charge in [-0.1, -0.05) is 77.1 Å². The highest BCUT2D eigenvalue weighted by Crippen LogP contribution is 2.77. The molecular formula is C40H56O3. The van der Waals surface area contributed by atoms with Crippen molar-refractivity contribution in [3.8, 4) is 0 Å². The van der Waals surface area contributed by atoms with Gasteiger partial charge in [0.1, 0.15) is 5.78 Å². The van der Waals surface area contributed by atoms with Crippen molar-refractivity contribution < 1.29 is 14.7 Å². The van der Waals surface area contributed by atoms with Crippen molar-refractivity contribution in [1.29, 1.82) is 0 Å². The molecule has 0 aromatic heterocycles. The Balaban J connectivity index is 1.33. The van der Waals surface area contributed by atoms with Gasteiger partial charge in [-0.15, -0.1) is 0 Å². The summed E-state index contributed by atoms with van der Waals surface area (Å²) >= 11 is 0. The molecule has 3 nitrogen and oxygen atoms in total. The molecule has 1 aromatic rings. The van der Waals surface area contributed by atoms with Gasteiger partial charge in [0.15, 0.2) is 0 Å². The van der Waals surface area contributed by atoms with Crippen LogP contribution in [0.3, 0.4) is 0 Å². The fourth-order valence-electron chi connectivity index (χ4n) is 12.9. The van der Waals surface area contributed by atoms with Crippen LogP contribution in [0, 0.1) is 56.7 Å². The SMILES string of the molecule is C=C(C)[C@@H]1CC[C@]2(C(C)=O)CC[C@]3(C)[C@H](CC[C@@H]4[C@@]5(C)CC=C(c6ccc(CCC(=O)O)cc6)C(C)(C)[C@@H]5CC[C@]43C)[C@@H]12. The van der Waals surface area contributed by atoms with E-state index in [9.17, 15) is 9.59 Å². The van der Waals surface area contributed by atoms with Crippen molar-refractivity contribution in [2.45, 2.75) is 119 Å². The molecule has 9 atom stereocenters. The Labute approximate surface area is 261 Å². The van der Waals surface area contributed by atoms with E-state index < -0.39 is 5.97 Å². The van der Waals surface area contributed by atoms with Crippen molar-refractivity contribution >= 4 is 17.3 Å². The van der Waals surface area contributed by atoms with Crippen LogP contribution >= 0.6 is 0 Å². The zero-order valence-electron chi connectivity index (χ0n) is 28.0. The summed E-state index contributed by atoms with van der Waals surface area (Å²) in [6.07, 6.45) is 14.1. The second-order valence-corrected chi connectivity index (χ2v) is 17.0. The minimum absolute atomic E-state index is 0.0709. The molecule has 0 aliphatic heterocycles. The zero-order valence-corrected chi connectivity index (χ0v) is 28.0. The van der Waals surface area contributed by atoms with Gasteiger partial charge in [-0.2, -0.15) is 0 Å². The van der Waals surface area contributed by atoms with E-state index in [1.165, 1.54) is 48.8 Å². The van der Waals surface area contributed by atoms with Gasteiger partial charge in [0, 0.05) is 11.8 Å². The van der Waals surface area contributed by atoms with Crippen LogP contribution in [0.25, 0.3) is 5.57 Å². The van der Waals surface area contributed by atoms with Crippen molar-refractivity contribution in [1.82, 2.24) is 0 Å². The second-order valence-electron chi connectivity index (χ2n) is 17.0. The molecule has 1 N–H and O–H groups in total. The maximum atomic E-state index is 13.4. The van der Waals surface area contributed by atoms with Crippen LogP contribution in [0.1, 0.15) is 124 Å². The number of fused-ring (bicyclic) bond motifs is 7. The number of carbonyl (C=O) groups excluding carboxylic acids is 1. The molecule has 5 aliphatic rings. The standard InChI is InChI=1S/C40H56O3/c1-25(2)29-17-22-40(26(3)41)24-23-38(7)31(35(29)40)14-15-33-37(6)20-18-30(36(4,5)32(37)19-21-39(33,38)8)28-12-9-27(10-13-28)11-16-34(42)43/h9-10,12-13,18,29,31-33,35H,1,11,14-17,19-24H2,2-8H3,(H,42,43)/t29-,31+,32-,33+,35+,37-,38+,39+,40+/m0/s1. The molecule has 0 unspecified atom stereocenters. The Kier molecular flexibility index (Phi) is 7.30. The quantitative estimate of drug-likeness (QED) is 0.339. The van der Waals surface area contributed by atoms with Gasteiger partial charge >= 0.3 is 5.97 Å². The number of aliphatic carboxylic acids is 1. The molecule has 5 aliphatic carbocycles. The van der Waals surface area contributed by atoms with E-state index in [4.69, 9.17) is 5.11 Å². The first-order chi connectivity index (χ1) is 20.1. The van der Waals surface area contributed by atoms with Gasteiger partial charge in [-0.3, -0.25) is 9.59 Å². The molecule has 43 heavy (non-hydrogen) atoms. The number of allylic oxidation sites excluding steroid dienone is 3. The van der Waals surface area contributed by atoms with Crippen LogP contribution in [0.15, 0.2) is 42.5 Å². The topological polar surface area (TPSA) is 54.4 Å². The third-order valence-electron chi connectivity index (χ3n) is 15.2. The number of rotatable bonds is 6. The minimum atomic E-state index is -0.739. The minimum Gasteiger partial charge on any atom is -0.481 e. The van der Waals surface area contributed by atoms with E-state index in [0.717, 1.165) is 31.2 Å². The van der Waals surface area contributed by atoms with Gasteiger partial charge < -0.3 is 5.11 Å². The van der Waals surface area contributed by atoms with E-state index in [0.29, 0.717) is 41.8 Å². The molecular weight excluding hydrogens is 528 g/mol. The molecule has 0 spiro atoms. The summed E-state index contributed by atoms with van der Waals surface area (Å²) in [6, 6.07) is 8.73. The summed E-state index contributed by atoms with van der Waals surface area (Å²) in [4.78, 5) is 24.4. The van der Waals surface area contributed by atoms with Crippen LogP contribution in [0.4, 0.5) is 0 Å². The maximum absolute atomic E-state index is 13.4. The van der Waals surface area contributed by atoms with Crippen LogP contribution < -0.4 is 0 Å². The Morgan fingerprint density at radius 2 is 1.56 bits per heavy atom. The van der Waals surface area contributed by atoms with Crippen LogP contribution in [0.5, 0.6) is 0 Å². The summed E-state index contributed by atoms with van der Waals surface area (Å²) in [6.45, 7) is 21.6. The molecule has 1 aromatic carbocycles. The number of Topliss-reactive ketones (excluding diaryl/α,β-unsaturated/α-hetero) is 1. The van der Waals surface area contributed by atoms with Gasteiger partial charge in [-0.05, 0) is 146 Å². The van der Waals surface area contributed by atoms with Gasteiger partial charge in [0.25, 0.3) is 0 Å². The number of ketones is 1. The van der Waals surface area contributed by atoms with Crippen LogP contribution in [0.2, 0.25) is 0 Å². The highest BCUT2D eigenvalue weighted by molar-refractivity contribution is 5.83. The molecule has 234 valence electrons. The lowest BCUT2D eigenvalue weighted by atomic mass is 9.32. The van der Waals surface area contributed by atoms with E-state index in [-0.39, 0.29) is 33.5 Å². The molecule has 0 radical (unpaired) electrons.